The fraction of sp³-hybridized carbons (Fsp3) is 0.364. The first-order chi connectivity index (χ1) is 8.36. The highest BCUT2D eigenvalue weighted by atomic mass is 19.4. The van der Waals surface area contributed by atoms with Crippen LogP contribution in [0.15, 0.2) is 18.2 Å². The van der Waals surface area contributed by atoms with Crippen molar-refractivity contribution in [3.05, 3.63) is 29.3 Å². The van der Waals surface area contributed by atoms with Crippen molar-refractivity contribution in [2.75, 3.05) is 11.9 Å². The molecule has 0 radical (unpaired) electrons. The maximum atomic E-state index is 12.5. The van der Waals surface area contributed by atoms with Crippen LogP contribution in [-0.2, 0) is 12.6 Å². The maximum absolute atomic E-state index is 12.5. The minimum absolute atomic E-state index is 0.278. The SMILES string of the molecule is O=C(O)NC1CNc2cc(C(F)(F)F)ccc2C1. The van der Waals surface area contributed by atoms with E-state index in [-0.39, 0.29) is 12.6 Å². The molecular weight excluding hydrogens is 249 g/mol. The van der Waals surface area contributed by atoms with Crippen LogP contribution in [0.25, 0.3) is 0 Å². The highest BCUT2D eigenvalue weighted by molar-refractivity contribution is 5.66. The van der Waals surface area contributed by atoms with Crippen molar-refractivity contribution in [1.82, 2.24) is 5.32 Å². The smallest absolute Gasteiger partial charge is 0.416 e. The zero-order chi connectivity index (χ0) is 13.3. The lowest BCUT2D eigenvalue weighted by molar-refractivity contribution is -0.137. The molecule has 1 aliphatic rings. The van der Waals surface area contributed by atoms with Gasteiger partial charge in [-0.1, -0.05) is 6.07 Å². The molecule has 0 aromatic heterocycles. The quantitative estimate of drug-likeness (QED) is 0.726. The minimum atomic E-state index is -4.37. The molecule has 0 fully saturated rings. The lowest BCUT2D eigenvalue weighted by atomic mass is 9.98. The lowest BCUT2D eigenvalue weighted by Gasteiger charge is -2.26. The molecule has 1 heterocycles. The summed E-state index contributed by atoms with van der Waals surface area (Å²) in [5.74, 6) is 0. The van der Waals surface area contributed by atoms with Gasteiger partial charge in [0.25, 0.3) is 0 Å². The van der Waals surface area contributed by atoms with Gasteiger partial charge in [0.2, 0.25) is 0 Å². The second kappa shape index (κ2) is 4.40. The third kappa shape index (κ3) is 2.66. The standard InChI is InChI=1S/C11H11F3N2O2/c12-11(13,14)7-2-1-6-3-8(16-10(17)18)5-15-9(6)4-7/h1-2,4,8,15-16H,3,5H2,(H,17,18). The van der Waals surface area contributed by atoms with E-state index in [2.05, 4.69) is 10.6 Å². The van der Waals surface area contributed by atoms with Gasteiger partial charge in [0.05, 0.1) is 11.6 Å². The van der Waals surface area contributed by atoms with Gasteiger partial charge in [-0.2, -0.15) is 13.2 Å². The fourth-order valence-electron chi connectivity index (χ4n) is 1.94. The highest BCUT2D eigenvalue weighted by Crippen LogP contribution is 2.33. The van der Waals surface area contributed by atoms with Gasteiger partial charge in [0.1, 0.15) is 0 Å². The number of fused-ring (bicyclic) bond motifs is 1. The Kier molecular flexibility index (Phi) is 3.06. The van der Waals surface area contributed by atoms with Crippen LogP contribution in [0.5, 0.6) is 0 Å². The van der Waals surface area contributed by atoms with Crippen LogP contribution in [0.4, 0.5) is 23.7 Å². The van der Waals surface area contributed by atoms with Gasteiger partial charge in [-0.15, -0.1) is 0 Å². The molecule has 4 nitrogen and oxygen atoms in total. The number of anilines is 1. The predicted molar refractivity (Wildman–Crippen MR) is 58.6 cm³/mol. The van der Waals surface area contributed by atoms with Gasteiger partial charge in [0.15, 0.2) is 0 Å². The molecule has 1 amide bonds. The minimum Gasteiger partial charge on any atom is -0.465 e. The fourth-order valence-corrected chi connectivity index (χ4v) is 1.94. The summed E-state index contributed by atoms with van der Waals surface area (Å²) in [6.45, 7) is 0.278. The van der Waals surface area contributed by atoms with E-state index in [0.29, 0.717) is 17.7 Å². The van der Waals surface area contributed by atoms with Crippen LogP contribution < -0.4 is 10.6 Å². The van der Waals surface area contributed by atoms with E-state index in [4.69, 9.17) is 5.11 Å². The average molecular weight is 260 g/mol. The summed E-state index contributed by atoms with van der Waals surface area (Å²) in [5.41, 5.74) is 0.375. The molecule has 0 aliphatic carbocycles. The molecule has 3 N–H and O–H groups in total. The molecule has 1 aliphatic heterocycles. The second-order valence-corrected chi connectivity index (χ2v) is 4.10. The molecule has 1 aromatic rings. The highest BCUT2D eigenvalue weighted by Gasteiger charge is 2.31. The Morgan fingerprint density at radius 3 is 2.78 bits per heavy atom. The van der Waals surface area contributed by atoms with Gasteiger partial charge in [-0.25, -0.2) is 4.79 Å². The van der Waals surface area contributed by atoms with Gasteiger partial charge in [-0.3, -0.25) is 0 Å². The van der Waals surface area contributed by atoms with Crippen molar-refractivity contribution in [1.29, 1.82) is 0 Å². The van der Waals surface area contributed by atoms with E-state index < -0.39 is 17.8 Å². The largest absolute Gasteiger partial charge is 0.465 e. The van der Waals surface area contributed by atoms with Gasteiger partial charge >= 0.3 is 12.3 Å². The first kappa shape index (κ1) is 12.5. The van der Waals surface area contributed by atoms with E-state index in [9.17, 15) is 18.0 Å². The lowest BCUT2D eigenvalue weighted by Crippen LogP contribution is -2.42. The molecule has 0 saturated heterocycles. The number of carbonyl (C=O) groups is 1. The summed E-state index contributed by atoms with van der Waals surface area (Å²) in [7, 11) is 0. The Morgan fingerprint density at radius 2 is 2.17 bits per heavy atom. The molecule has 2 rings (SSSR count). The monoisotopic (exact) mass is 260 g/mol. The summed E-state index contributed by atoms with van der Waals surface area (Å²) >= 11 is 0. The molecule has 7 heteroatoms. The van der Waals surface area contributed by atoms with E-state index in [1.165, 1.54) is 6.07 Å². The van der Waals surface area contributed by atoms with E-state index in [1.54, 1.807) is 0 Å². The van der Waals surface area contributed by atoms with Gasteiger partial charge in [-0.05, 0) is 24.1 Å². The van der Waals surface area contributed by atoms with E-state index in [1.807, 2.05) is 0 Å². The van der Waals surface area contributed by atoms with Gasteiger partial charge < -0.3 is 15.7 Å². The number of carboxylic acid groups (broad SMARTS) is 1. The molecular formula is C11H11F3N2O2. The number of nitrogens with one attached hydrogen (secondary N) is 2. The summed E-state index contributed by atoms with van der Waals surface area (Å²) in [4.78, 5) is 10.5. The Morgan fingerprint density at radius 1 is 1.44 bits per heavy atom. The molecule has 0 saturated carbocycles. The number of benzene rings is 1. The Balaban J connectivity index is 2.18. The van der Waals surface area contributed by atoms with Crippen LogP contribution in [0, 0.1) is 0 Å². The molecule has 0 bridgehead atoms. The number of halogens is 3. The van der Waals surface area contributed by atoms with E-state index >= 15 is 0 Å². The van der Waals surface area contributed by atoms with Crippen LogP contribution >= 0.6 is 0 Å². The Hall–Kier alpha value is -1.92. The number of alkyl halides is 3. The maximum Gasteiger partial charge on any atom is 0.416 e. The van der Waals surface area contributed by atoms with Crippen LogP contribution in [0.1, 0.15) is 11.1 Å². The summed E-state index contributed by atoms with van der Waals surface area (Å²) in [6, 6.07) is 3.10. The number of hydrogen-bond acceptors (Lipinski definition) is 2. The molecule has 98 valence electrons. The molecule has 1 aromatic carbocycles. The molecule has 1 atom stereocenters. The van der Waals surface area contributed by atoms with Crippen LogP contribution in [-0.4, -0.2) is 23.8 Å². The Bertz CT molecular complexity index is 474. The Labute approximate surface area is 101 Å². The summed E-state index contributed by atoms with van der Waals surface area (Å²) < 4.78 is 37.5. The normalized spacial score (nSPS) is 18.7. The second-order valence-electron chi connectivity index (χ2n) is 4.10. The topological polar surface area (TPSA) is 61.4 Å². The zero-order valence-electron chi connectivity index (χ0n) is 9.21. The third-order valence-corrected chi connectivity index (χ3v) is 2.77. The summed E-state index contributed by atoms with van der Waals surface area (Å²) in [5, 5.41) is 13.7. The number of rotatable bonds is 1. The van der Waals surface area contributed by atoms with Crippen molar-refractivity contribution < 1.29 is 23.1 Å². The molecule has 18 heavy (non-hydrogen) atoms. The zero-order valence-corrected chi connectivity index (χ0v) is 9.21. The third-order valence-electron chi connectivity index (χ3n) is 2.77. The first-order valence-electron chi connectivity index (χ1n) is 5.29. The van der Waals surface area contributed by atoms with Crippen molar-refractivity contribution in [2.24, 2.45) is 0 Å². The predicted octanol–water partition coefficient (Wildman–Crippen LogP) is 2.31. The average Bonchev–Trinajstić information content (AvgIpc) is 2.26. The van der Waals surface area contributed by atoms with Crippen molar-refractivity contribution >= 4 is 11.8 Å². The molecule has 1 unspecified atom stereocenters. The van der Waals surface area contributed by atoms with Crippen molar-refractivity contribution in [3.8, 4) is 0 Å². The van der Waals surface area contributed by atoms with Gasteiger partial charge in [0, 0.05) is 12.2 Å². The molecule has 0 spiro atoms. The van der Waals surface area contributed by atoms with E-state index in [0.717, 1.165) is 12.1 Å². The summed E-state index contributed by atoms with van der Waals surface area (Å²) in [6.07, 6.45) is -5.13. The van der Waals surface area contributed by atoms with Crippen molar-refractivity contribution in [3.63, 3.8) is 0 Å². The van der Waals surface area contributed by atoms with Crippen molar-refractivity contribution in [2.45, 2.75) is 18.6 Å². The first-order valence-corrected chi connectivity index (χ1v) is 5.29. The van der Waals surface area contributed by atoms with Crippen LogP contribution in [0.3, 0.4) is 0 Å². The number of hydrogen-bond donors (Lipinski definition) is 3. The number of amides is 1. The van der Waals surface area contributed by atoms with Crippen LogP contribution in [0.2, 0.25) is 0 Å².